The predicted molar refractivity (Wildman–Crippen MR) is 97.4 cm³/mol. The first kappa shape index (κ1) is 16.9. The number of nitro benzene ring substituents is 1. The quantitative estimate of drug-likeness (QED) is 0.610. The van der Waals surface area contributed by atoms with Gasteiger partial charge >= 0.3 is 0 Å². The molecule has 1 aliphatic heterocycles. The Morgan fingerprint density at radius 3 is 2.72 bits per heavy atom. The van der Waals surface area contributed by atoms with Crippen molar-refractivity contribution in [3.05, 3.63) is 81.9 Å². The summed E-state index contributed by atoms with van der Waals surface area (Å²) < 4.78 is 0. The number of benzene rings is 2. The fourth-order valence-corrected chi connectivity index (χ4v) is 3.37. The molecule has 0 N–H and O–H groups in total. The van der Waals surface area contributed by atoms with Gasteiger partial charge in [-0.25, -0.2) is 0 Å². The summed E-state index contributed by atoms with van der Waals surface area (Å²) in [5, 5.41) is 11.2. The highest BCUT2D eigenvalue weighted by Gasteiger charge is 2.30. The maximum absolute atomic E-state index is 12.9. The minimum atomic E-state index is -0.473. The number of amides is 1. The fourth-order valence-electron chi connectivity index (χ4n) is 3.37. The number of carbonyl (C=O) groups excluding carboxylic acids is 1. The van der Waals surface area contributed by atoms with Gasteiger partial charge in [-0.2, -0.15) is 0 Å². The molecule has 1 aliphatic rings. The normalized spacial score (nSPS) is 16.6. The molecule has 2 aromatic rings. The van der Waals surface area contributed by atoms with Gasteiger partial charge in [0.2, 0.25) is 0 Å². The van der Waals surface area contributed by atoms with Gasteiger partial charge in [-0.1, -0.05) is 43.0 Å². The van der Waals surface area contributed by atoms with E-state index in [4.69, 9.17) is 0 Å². The Hall–Kier alpha value is -2.95. The van der Waals surface area contributed by atoms with Crippen molar-refractivity contribution >= 4 is 17.7 Å². The van der Waals surface area contributed by atoms with E-state index in [0.717, 1.165) is 19.3 Å². The van der Waals surface area contributed by atoms with E-state index in [1.54, 1.807) is 12.1 Å². The molecule has 0 saturated carbocycles. The first-order valence-corrected chi connectivity index (χ1v) is 8.36. The molecule has 0 aromatic heterocycles. The summed E-state index contributed by atoms with van der Waals surface area (Å²) in [4.78, 5) is 25.5. The topological polar surface area (TPSA) is 63.5 Å². The van der Waals surface area contributed by atoms with Gasteiger partial charge in [0.15, 0.2) is 0 Å². The van der Waals surface area contributed by atoms with E-state index < -0.39 is 4.92 Å². The summed E-state index contributed by atoms with van der Waals surface area (Å²) in [6.07, 6.45) is 4.14. The summed E-state index contributed by atoms with van der Waals surface area (Å²) in [5.74, 6) is -0.142. The van der Waals surface area contributed by atoms with Crippen molar-refractivity contribution in [3.63, 3.8) is 0 Å². The summed E-state index contributed by atoms with van der Waals surface area (Å²) >= 11 is 0. The third kappa shape index (κ3) is 3.60. The Kier molecular flexibility index (Phi) is 4.93. The van der Waals surface area contributed by atoms with Gasteiger partial charge in [-0.05, 0) is 37.0 Å². The van der Waals surface area contributed by atoms with Gasteiger partial charge in [0.1, 0.15) is 0 Å². The molecule has 1 amide bonds. The van der Waals surface area contributed by atoms with Crippen LogP contribution in [0.2, 0.25) is 0 Å². The molecule has 1 heterocycles. The first-order valence-electron chi connectivity index (χ1n) is 8.36. The highest BCUT2D eigenvalue weighted by atomic mass is 16.6. The van der Waals surface area contributed by atoms with Crippen LogP contribution in [0.25, 0.3) is 6.08 Å². The minimum absolute atomic E-state index is 0.0837. The highest BCUT2D eigenvalue weighted by molar-refractivity contribution is 5.95. The van der Waals surface area contributed by atoms with Gasteiger partial charge in [0.25, 0.3) is 11.6 Å². The van der Waals surface area contributed by atoms with Crippen molar-refractivity contribution in [1.82, 2.24) is 4.90 Å². The Morgan fingerprint density at radius 2 is 2.04 bits per heavy atom. The van der Waals surface area contributed by atoms with E-state index in [0.29, 0.717) is 17.7 Å². The molecule has 1 saturated heterocycles. The van der Waals surface area contributed by atoms with E-state index >= 15 is 0 Å². The lowest BCUT2D eigenvalue weighted by molar-refractivity contribution is -0.385. The molecule has 1 fully saturated rings. The first-order chi connectivity index (χ1) is 12.1. The van der Waals surface area contributed by atoms with Gasteiger partial charge in [0, 0.05) is 24.2 Å². The molecule has 0 spiro atoms. The van der Waals surface area contributed by atoms with Crippen LogP contribution in [0.5, 0.6) is 0 Å². The number of hydrogen-bond donors (Lipinski definition) is 0. The average Bonchev–Trinajstić information content (AvgIpc) is 3.09. The summed E-state index contributed by atoms with van der Waals surface area (Å²) in [6.45, 7) is 4.27. The molecule has 0 radical (unpaired) electrons. The summed E-state index contributed by atoms with van der Waals surface area (Å²) in [6, 6.07) is 14.8. The molecule has 2 aromatic carbocycles. The second-order valence-electron chi connectivity index (χ2n) is 6.22. The lowest BCUT2D eigenvalue weighted by Gasteiger charge is -2.25. The van der Waals surface area contributed by atoms with E-state index in [2.05, 4.69) is 18.7 Å². The minimum Gasteiger partial charge on any atom is -0.335 e. The highest BCUT2D eigenvalue weighted by Crippen LogP contribution is 2.26. The number of hydrogen-bond acceptors (Lipinski definition) is 3. The predicted octanol–water partition coefficient (Wildman–Crippen LogP) is 4.09. The monoisotopic (exact) mass is 336 g/mol. The number of carbonyl (C=O) groups is 1. The molecule has 1 unspecified atom stereocenters. The average molecular weight is 336 g/mol. The van der Waals surface area contributed by atoms with Gasteiger partial charge in [0.05, 0.1) is 10.5 Å². The number of nitrogens with zero attached hydrogens (tertiary/aromatic N) is 2. The number of nitro groups is 1. The van der Waals surface area contributed by atoms with Gasteiger partial charge in [-0.3, -0.25) is 14.9 Å². The van der Waals surface area contributed by atoms with Crippen molar-refractivity contribution in [1.29, 1.82) is 0 Å². The molecule has 5 heteroatoms. The Balaban J connectivity index is 1.83. The zero-order chi connectivity index (χ0) is 17.8. The van der Waals surface area contributed by atoms with E-state index in [9.17, 15) is 14.9 Å². The Morgan fingerprint density at radius 1 is 1.28 bits per heavy atom. The number of rotatable bonds is 5. The maximum Gasteiger partial charge on any atom is 0.277 e. The summed E-state index contributed by atoms with van der Waals surface area (Å²) in [7, 11) is 0. The zero-order valence-electron chi connectivity index (χ0n) is 13.9. The van der Waals surface area contributed by atoms with Crippen LogP contribution in [-0.2, 0) is 6.42 Å². The lowest BCUT2D eigenvalue weighted by Crippen LogP contribution is -2.36. The second kappa shape index (κ2) is 7.30. The summed E-state index contributed by atoms with van der Waals surface area (Å²) in [5.41, 5.74) is 1.89. The van der Waals surface area contributed by atoms with Crippen LogP contribution in [0.3, 0.4) is 0 Å². The third-order valence-corrected chi connectivity index (χ3v) is 4.65. The van der Waals surface area contributed by atoms with Crippen LogP contribution in [0.4, 0.5) is 5.69 Å². The van der Waals surface area contributed by atoms with Gasteiger partial charge in [-0.15, -0.1) is 0 Å². The van der Waals surface area contributed by atoms with Crippen LogP contribution in [-0.4, -0.2) is 28.3 Å². The van der Waals surface area contributed by atoms with E-state index in [1.807, 2.05) is 23.1 Å². The SMILES string of the molecule is C=Cc1ccc(C(=O)N2CCCC2Cc2ccccc2)cc1[N+](=O)[O-]. The van der Waals surface area contributed by atoms with Crippen molar-refractivity contribution in [3.8, 4) is 0 Å². The molecule has 0 aliphatic carbocycles. The van der Waals surface area contributed by atoms with E-state index in [-0.39, 0.29) is 17.6 Å². The molecular formula is C20H20N2O3. The second-order valence-corrected chi connectivity index (χ2v) is 6.22. The molecule has 1 atom stereocenters. The van der Waals surface area contributed by atoms with Crippen LogP contribution < -0.4 is 0 Å². The maximum atomic E-state index is 12.9. The van der Waals surface area contributed by atoms with Crippen molar-refractivity contribution in [2.24, 2.45) is 0 Å². The molecule has 3 rings (SSSR count). The standard InChI is InChI=1S/C20H20N2O3/c1-2-16-10-11-17(14-19(16)22(24)25)20(23)21-12-6-9-18(21)13-15-7-4-3-5-8-15/h2-5,7-8,10-11,14,18H,1,6,9,12-13H2. The molecule has 128 valence electrons. The molecule has 25 heavy (non-hydrogen) atoms. The van der Waals surface area contributed by atoms with Crippen molar-refractivity contribution in [2.45, 2.75) is 25.3 Å². The smallest absolute Gasteiger partial charge is 0.277 e. The molecular weight excluding hydrogens is 316 g/mol. The lowest BCUT2D eigenvalue weighted by atomic mass is 10.0. The Bertz CT molecular complexity index is 802. The number of likely N-dealkylation sites (tertiary alicyclic amines) is 1. The van der Waals surface area contributed by atoms with Gasteiger partial charge < -0.3 is 4.90 Å². The zero-order valence-corrected chi connectivity index (χ0v) is 13.9. The van der Waals surface area contributed by atoms with E-state index in [1.165, 1.54) is 17.7 Å². The molecule has 0 bridgehead atoms. The third-order valence-electron chi connectivity index (χ3n) is 4.65. The van der Waals surface area contributed by atoms with Crippen LogP contribution in [0.15, 0.2) is 55.1 Å². The Labute approximate surface area is 146 Å². The van der Waals surface area contributed by atoms with Crippen LogP contribution in [0.1, 0.15) is 34.3 Å². The fraction of sp³-hybridized carbons (Fsp3) is 0.250. The van der Waals surface area contributed by atoms with Crippen LogP contribution in [0, 0.1) is 10.1 Å². The molecule has 5 nitrogen and oxygen atoms in total. The van der Waals surface area contributed by atoms with Crippen LogP contribution >= 0.6 is 0 Å². The van der Waals surface area contributed by atoms with Crippen molar-refractivity contribution < 1.29 is 9.72 Å². The van der Waals surface area contributed by atoms with Crippen molar-refractivity contribution in [2.75, 3.05) is 6.54 Å². The largest absolute Gasteiger partial charge is 0.335 e.